The molecule has 1 fully saturated rings. The minimum absolute atomic E-state index is 0.0985. The molecular formula is C23H25BrN2O4. The molecule has 2 aromatic rings. The molecule has 0 saturated carbocycles. The van der Waals surface area contributed by atoms with Crippen LogP contribution in [0, 0.1) is 5.92 Å². The first-order valence-corrected chi connectivity index (χ1v) is 10.7. The van der Waals surface area contributed by atoms with Crippen molar-refractivity contribution in [2.45, 2.75) is 25.8 Å². The lowest BCUT2D eigenvalue weighted by Crippen LogP contribution is -2.49. The first-order chi connectivity index (χ1) is 14.4. The number of rotatable bonds is 6. The molecule has 2 amide bonds. The van der Waals surface area contributed by atoms with Gasteiger partial charge in [-0.15, -0.1) is 0 Å². The van der Waals surface area contributed by atoms with E-state index in [1.165, 1.54) is 0 Å². The van der Waals surface area contributed by atoms with Crippen LogP contribution in [-0.2, 0) is 4.79 Å². The highest BCUT2D eigenvalue weighted by molar-refractivity contribution is 9.10. The maximum Gasteiger partial charge on any atom is 0.251 e. The molecular weight excluding hydrogens is 448 g/mol. The molecule has 0 aliphatic carbocycles. The molecule has 0 bridgehead atoms. The summed E-state index contributed by atoms with van der Waals surface area (Å²) >= 11 is 3.33. The highest BCUT2D eigenvalue weighted by Crippen LogP contribution is 2.23. The zero-order chi connectivity index (χ0) is 21.7. The molecule has 7 heteroatoms. The summed E-state index contributed by atoms with van der Waals surface area (Å²) in [5, 5.41) is 2.76. The number of hydrogen-bond acceptors (Lipinski definition) is 4. The Morgan fingerprint density at radius 2 is 1.57 bits per heavy atom. The number of benzene rings is 2. The third-order valence-electron chi connectivity index (χ3n) is 5.38. The molecule has 6 nitrogen and oxygen atoms in total. The van der Waals surface area contributed by atoms with E-state index in [1.54, 1.807) is 67.5 Å². The molecule has 1 atom stereocenters. The number of carbonyl (C=O) groups is 3. The molecule has 1 heterocycles. The smallest absolute Gasteiger partial charge is 0.251 e. The quantitative estimate of drug-likeness (QED) is 0.650. The van der Waals surface area contributed by atoms with E-state index in [4.69, 9.17) is 4.74 Å². The van der Waals surface area contributed by atoms with Crippen molar-refractivity contribution in [2.75, 3.05) is 20.2 Å². The monoisotopic (exact) mass is 472 g/mol. The first kappa shape index (κ1) is 22.0. The highest BCUT2D eigenvalue weighted by Gasteiger charge is 2.30. The van der Waals surface area contributed by atoms with Gasteiger partial charge in [-0.2, -0.15) is 0 Å². The normalized spacial score (nSPS) is 15.4. The van der Waals surface area contributed by atoms with Crippen molar-refractivity contribution in [3.63, 3.8) is 0 Å². The number of methoxy groups -OCH3 is 1. The van der Waals surface area contributed by atoms with Crippen molar-refractivity contribution in [3.05, 3.63) is 64.1 Å². The lowest BCUT2D eigenvalue weighted by molar-refractivity contribution is -0.134. The second kappa shape index (κ2) is 9.89. The van der Waals surface area contributed by atoms with Crippen molar-refractivity contribution in [3.8, 4) is 5.75 Å². The van der Waals surface area contributed by atoms with Crippen LogP contribution in [0.4, 0.5) is 0 Å². The zero-order valence-corrected chi connectivity index (χ0v) is 18.6. The highest BCUT2D eigenvalue weighted by atomic mass is 79.9. The molecule has 158 valence electrons. The average Bonchev–Trinajstić information content (AvgIpc) is 2.78. The SMILES string of the molecule is COc1ccc(C(=O)C2CCN(C(=O)C(C)NC(=O)c3ccc(Br)cc3)CC2)cc1. The summed E-state index contributed by atoms with van der Waals surface area (Å²) < 4.78 is 6.02. The Morgan fingerprint density at radius 3 is 2.13 bits per heavy atom. The van der Waals surface area contributed by atoms with E-state index < -0.39 is 6.04 Å². The molecule has 3 rings (SSSR count). The van der Waals surface area contributed by atoms with E-state index in [2.05, 4.69) is 21.2 Å². The van der Waals surface area contributed by atoms with Gasteiger partial charge >= 0.3 is 0 Å². The number of amides is 2. The largest absolute Gasteiger partial charge is 0.497 e. The number of hydrogen-bond donors (Lipinski definition) is 1. The Hall–Kier alpha value is -2.67. The van der Waals surface area contributed by atoms with Crippen molar-refractivity contribution in [1.82, 2.24) is 10.2 Å². The Balaban J connectivity index is 1.52. The Labute approximate surface area is 184 Å². The molecule has 1 unspecified atom stereocenters. The van der Waals surface area contributed by atoms with Crippen LogP contribution in [0.25, 0.3) is 0 Å². The van der Waals surface area contributed by atoms with E-state index in [-0.39, 0.29) is 23.5 Å². The zero-order valence-electron chi connectivity index (χ0n) is 17.1. The fraction of sp³-hybridized carbons (Fsp3) is 0.348. The molecule has 0 aromatic heterocycles. The van der Waals surface area contributed by atoms with Crippen LogP contribution >= 0.6 is 15.9 Å². The van der Waals surface area contributed by atoms with Gasteiger partial charge in [0.05, 0.1) is 7.11 Å². The molecule has 0 radical (unpaired) electrons. The fourth-order valence-electron chi connectivity index (χ4n) is 3.57. The van der Waals surface area contributed by atoms with E-state index >= 15 is 0 Å². The van der Waals surface area contributed by atoms with Gasteiger partial charge in [0.15, 0.2) is 5.78 Å². The third-order valence-corrected chi connectivity index (χ3v) is 5.91. The van der Waals surface area contributed by atoms with E-state index in [0.717, 1.165) is 4.47 Å². The number of carbonyl (C=O) groups excluding carboxylic acids is 3. The van der Waals surface area contributed by atoms with E-state index in [1.807, 2.05) is 0 Å². The number of nitrogens with zero attached hydrogens (tertiary/aromatic N) is 1. The third kappa shape index (κ3) is 5.27. The minimum atomic E-state index is -0.630. The predicted octanol–water partition coefficient (Wildman–Crippen LogP) is 3.70. The van der Waals surface area contributed by atoms with Crippen molar-refractivity contribution >= 4 is 33.5 Å². The summed E-state index contributed by atoms with van der Waals surface area (Å²) in [6.07, 6.45) is 1.23. The summed E-state index contributed by atoms with van der Waals surface area (Å²) in [4.78, 5) is 39.5. The lowest BCUT2D eigenvalue weighted by Gasteiger charge is -2.33. The molecule has 1 N–H and O–H groups in total. The Bertz CT molecular complexity index is 904. The van der Waals surface area contributed by atoms with Crippen LogP contribution in [0.3, 0.4) is 0 Å². The van der Waals surface area contributed by atoms with Gasteiger partial charge in [0, 0.05) is 34.6 Å². The van der Waals surface area contributed by atoms with E-state index in [9.17, 15) is 14.4 Å². The number of ketones is 1. The summed E-state index contributed by atoms with van der Waals surface area (Å²) in [5.41, 5.74) is 1.16. The number of piperidine rings is 1. The molecule has 30 heavy (non-hydrogen) atoms. The molecule has 1 aliphatic heterocycles. The van der Waals surface area contributed by atoms with Gasteiger partial charge in [-0.05, 0) is 68.3 Å². The topological polar surface area (TPSA) is 75.7 Å². The van der Waals surface area contributed by atoms with Crippen LogP contribution in [0.15, 0.2) is 53.0 Å². The van der Waals surface area contributed by atoms with Gasteiger partial charge in [-0.3, -0.25) is 14.4 Å². The number of ether oxygens (including phenoxy) is 1. The van der Waals surface area contributed by atoms with Gasteiger partial charge in [-0.25, -0.2) is 0 Å². The Morgan fingerprint density at radius 1 is 1.00 bits per heavy atom. The molecule has 0 spiro atoms. The van der Waals surface area contributed by atoms with Gasteiger partial charge < -0.3 is 15.0 Å². The fourth-order valence-corrected chi connectivity index (χ4v) is 3.83. The van der Waals surface area contributed by atoms with Crippen LogP contribution in [0.1, 0.15) is 40.5 Å². The summed E-state index contributed by atoms with van der Waals surface area (Å²) in [6, 6.07) is 13.5. The van der Waals surface area contributed by atoms with Gasteiger partial charge in [0.2, 0.25) is 5.91 Å². The molecule has 1 aliphatic rings. The summed E-state index contributed by atoms with van der Waals surface area (Å²) in [5.74, 6) is 0.298. The molecule has 2 aromatic carbocycles. The average molecular weight is 473 g/mol. The second-order valence-corrected chi connectivity index (χ2v) is 8.31. The van der Waals surface area contributed by atoms with Crippen LogP contribution in [0.5, 0.6) is 5.75 Å². The lowest BCUT2D eigenvalue weighted by atomic mass is 9.88. The van der Waals surface area contributed by atoms with E-state index in [0.29, 0.717) is 42.8 Å². The Kier molecular flexibility index (Phi) is 7.26. The van der Waals surface area contributed by atoms with Crippen molar-refractivity contribution < 1.29 is 19.1 Å². The van der Waals surface area contributed by atoms with Gasteiger partial charge in [0.1, 0.15) is 11.8 Å². The number of nitrogens with one attached hydrogen (secondary N) is 1. The standard InChI is InChI=1S/C23H25BrN2O4/c1-15(25-22(28)18-3-7-19(24)8-4-18)23(29)26-13-11-17(12-14-26)21(27)16-5-9-20(30-2)10-6-16/h3-10,15,17H,11-14H2,1-2H3,(H,25,28). The van der Waals surface area contributed by atoms with Crippen LogP contribution in [-0.4, -0.2) is 48.7 Å². The maximum absolute atomic E-state index is 12.7. The first-order valence-electron chi connectivity index (χ1n) is 9.92. The molecule has 1 saturated heterocycles. The van der Waals surface area contributed by atoms with Crippen molar-refractivity contribution in [2.24, 2.45) is 5.92 Å². The predicted molar refractivity (Wildman–Crippen MR) is 118 cm³/mol. The number of likely N-dealkylation sites (tertiary alicyclic amines) is 1. The maximum atomic E-state index is 12.7. The number of halogens is 1. The summed E-state index contributed by atoms with van der Waals surface area (Å²) in [6.45, 7) is 2.70. The number of Topliss-reactive ketones (excluding diaryl/α,β-unsaturated/α-hetero) is 1. The summed E-state index contributed by atoms with van der Waals surface area (Å²) in [7, 11) is 1.59. The van der Waals surface area contributed by atoms with Gasteiger partial charge in [0.25, 0.3) is 5.91 Å². The van der Waals surface area contributed by atoms with Crippen molar-refractivity contribution in [1.29, 1.82) is 0 Å². The second-order valence-electron chi connectivity index (χ2n) is 7.39. The van der Waals surface area contributed by atoms with Gasteiger partial charge in [-0.1, -0.05) is 15.9 Å². The van der Waals surface area contributed by atoms with Crippen LogP contribution in [0.2, 0.25) is 0 Å². The minimum Gasteiger partial charge on any atom is -0.497 e. The van der Waals surface area contributed by atoms with Crippen LogP contribution < -0.4 is 10.1 Å².